The Kier molecular flexibility index (Phi) is 9.06. The summed E-state index contributed by atoms with van der Waals surface area (Å²) >= 11 is 0. The first kappa shape index (κ1) is 23.9. The quantitative estimate of drug-likeness (QED) is 0.593. The van der Waals surface area contributed by atoms with Gasteiger partial charge in [-0.1, -0.05) is 60.7 Å². The normalized spacial score (nSPS) is 11.8. The number of amides is 2. The van der Waals surface area contributed by atoms with Gasteiger partial charge in [-0.05, 0) is 31.9 Å². The maximum atomic E-state index is 12.4. The molecule has 166 valence electrons. The van der Waals surface area contributed by atoms with Crippen LogP contribution in [0.25, 0.3) is 0 Å². The molecule has 2 aromatic rings. The van der Waals surface area contributed by atoms with Crippen LogP contribution in [-0.2, 0) is 25.7 Å². The van der Waals surface area contributed by atoms with E-state index in [0.717, 1.165) is 11.1 Å². The van der Waals surface area contributed by atoms with Gasteiger partial charge in [0.25, 0.3) is 0 Å². The highest BCUT2D eigenvalue weighted by atomic mass is 16.6. The minimum Gasteiger partial charge on any atom is -0.461 e. The number of carbonyl (C=O) groups is 3. The molecule has 1 unspecified atom stereocenters. The average Bonchev–Trinajstić information content (AvgIpc) is 2.72. The first-order valence-electron chi connectivity index (χ1n) is 10.2. The van der Waals surface area contributed by atoms with E-state index in [-0.39, 0.29) is 31.9 Å². The third kappa shape index (κ3) is 9.80. The first-order valence-corrected chi connectivity index (χ1v) is 10.2. The van der Waals surface area contributed by atoms with Gasteiger partial charge in [0.2, 0.25) is 5.91 Å². The van der Waals surface area contributed by atoms with Crippen molar-refractivity contribution >= 4 is 18.0 Å². The Labute approximate surface area is 183 Å². The highest BCUT2D eigenvalue weighted by Gasteiger charge is 2.20. The van der Waals surface area contributed by atoms with E-state index < -0.39 is 23.7 Å². The molecule has 0 spiro atoms. The third-order valence-corrected chi connectivity index (χ3v) is 4.17. The third-order valence-electron chi connectivity index (χ3n) is 4.17. The van der Waals surface area contributed by atoms with E-state index in [1.165, 1.54) is 0 Å². The summed E-state index contributed by atoms with van der Waals surface area (Å²) in [5.41, 5.74) is 1.09. The Morgan fingerprint density at radius 1 is 0.935 bits per heavy atom. The van der Waals surface area contributed by atoms with Gasteiger partial charge in [0.05, 0.1) is 12.5 Å². The molecule has 0 aliphatic carbocycles. The SMILES string of the molecule is CC(C)(C)OC(=O)NCCC(=O)NC(CC(=O)OCc1ccccc1)c1ccccc1. The number of hydrogen-bond donors (Lipinski definition) is 2. The van der Waals surface area contributed by atoms with Crippen LogP contribution in [0.3, 0.4) is 0 Å². The Bertz CT molecular complexity index is 847. The fourth-order valence-corrected chi connectivity index (χ4v) is 2.76. The van der Waals surface area contributed by atoms with Crippen LogP contribution in [0.15, 0.2) is 60.7 Å². The highest BCUT2D eigenvalue weighted by molar-refractivity contribution is 5.79. The Hall–Kier alpha value is -3.35. The molecule has 31 heavy (non-hydrogen) atoms. The number of hydrogen-bond acceptors (Lipinski definition) is 5. The second-order valence-electron chi connectivity index (χ2n) is 8.06. The van der Waals surface area contributed by atoms with Gasteiger partial charge >= 0.3 is 12.1 Å². The standard InChI is InChI=1S/C24H30N2O5/c1-24(2,3)31-23(29)25-15-14-21(27)26-20(19-12-8-5-9-13-19)16-22(28)30-17-18-10-6-4-7-11-18/h4-13,20H,14-17H2,1-3H3,(H,25,29)(H,26,27). The minimum absolute atomic E-state index is 0.00206. The molecule has 0 saturated carbocycles. The van der Waals surface area contributed by atoms with Crippen molar-refractivity contribution in [1.82, 2.24) is 10.6 Å². The molecule has 2 amide bonds. The van der Waals surface area contributed by atoms with Gasteiger partial charge in [-0.15, -0.1) is 0 Å². The van der Waals surface area contributed by atoms with Crippen molar-refractivity contribution in [3.8, 4) is 0 Å². The van der Waals surface area contributed by atoms with Crippen LogP contribution in [0, 0.1) is 0 Å². The summed E-state index contributed by atoms with van der Waals surface area (Å²) < 4.78 is 10.5. The number of esters is 1. The number of nitrogens with one attached hydrogen (secondary N) is 2. The van der Waals surface area contributed by atoms with Crippen molar-refractivity contribution in [2.45, 2.75) is 51.9 Å². The second-order valence-corrected chi connectivity index (χ2v) is 8.06. The van der Waals surface area contributed by atoms with Gasteiger partial charge in [-0.2, -0.15) is 0 Å². The van der Waals surface area contributed by atoms with Gasteiger partial charge < -0.3 is 20.1 Å². The van der Waals surface area contributed by atoms with E-state index in [2.05, 4.69) is 10.6 Å². The average molecular weight is 427 g/mol. The van der Waals surface area contributed by atoms with Crippen molar-refractivity contribution in [1.29, 1.82) is 0 Å². The van der Waals surface area contributed by atoms with E-state index in [9.17, 15) is 14.4 Å². The van der Waals surface area contributed by atoms with Crippen molar-refractivity contribution in [3.63, 3.8) is 0 Å². The maximum Gasteiger partial charge on any atom is 0.407 e. The van der Waals surface area contributed by atoms with E-state index >= 15 is 0 Å². The van der Waals surface area contributed by atoms with Crippen LogP contribution in [0.1, 0.15) is 50.8 Å². The van der Waals surface area contributed by atoms with E-state index in [1.54, 1.807) is 20.8 Å². The number of alkyl carbamates (subject to hydrolysis) is 1. The van der Waals surface area contributed by atoms with Crippen LogP contribution in [0.5, 0.6) is 0 Å². The lowest BCUT2D eigenvalue weighted by Crippen LogP contribution is -2.36. The maximum absolute atomic E-state index is 12.4. The molecule has 0 aliphatic heterocycles. The zero-order valence-corrected chi connectivity index (χ0v) is 18.2. The number of rotatable bonds is 9. The summed E-state index contributed by atoms with van der Waals surface area (Å²) in [6.45, 7) is 5.59. The molecule has 0 aromatic heterocycles. The number of carbonyl (C=O) groups excluding carboxylic acids is 3. The summed E-state index contributed by atoms with van der Waals surface area (Å²) in [6, 6.07) is 18.1. The van der Waals surface area contributed by atoms with Gasteiger partial charge in [0, 0.05) is 13.0 Å². The predicted molar refractivity (Wildman–Crippen MR) is 117 cm³/mol. The summed E-state index contributed by atoms with van der Waals surface area (Å²) in [5.74, 6) is -0.703. The van der Waals surface area contributed by atoms with Gasteiger partial charge in [-0.3, -0.25) is 9.59 Å². The fourth-order valence-electron chi connectivity index (χ4n) is 2.76. The van der Waals surface area contributed by atoms with Crippen molar-refractivity contribution in [2.24, 2.45) is 0 Å². The van der Waals surface area contributed by atoms with Crippen molar-refractivity contribution in [2.75, 3.05) is 6.54 Å². The molecule has 0 aliphatic rings. The van der Waals surface area contributed by atoms with E-state index in [0.29, 0.717) is 0 Å². The fraction of sp³-hybridized carbons (Fsp3) is 0.375. The molecule has 7 nitrogen and oxygen atoms in total. The summed E-state index contributed by atoms with van der Waals surface area (Å²) in [4.78, 5) is 36.5. The smallest absolute Gasteiger partial charge is 0.407 e. The van der Waals surface area contributed by atoms with E-state index in [4.69, 9.17) is 9.47 Å². The Balaban J connectivity index is 1.87. The lowest BCUT2D eigenvalue weighted by Gasteiger charge is -2.20. The zero-order chi connectivity index (χ0) is 22.7. The molecule has 0 saturated heterocycles. The number of benzene rings is 2. The minimum atomic E-state index is -0.606. The molecule has 0 heterocycles. The molecular formula is C24H30N2O5. The highest BCUT2D eigenvalue weighted by Crippen LogP contribution is 2.18. The molecular weight excluding hydrogens is 396 g/mol. The molecule has 0 fully saturated rings. The predicted octanol–water partition coefficient (Wildman–Crippen LogP) is 3.89. The molecule has 2 N–H and O–H groups in total. The topological polar surface area (TPSA) is 93.7 Å². The van der Waals surface area contributed by atoms with Crippen LogP contribution in [0.2, 0.25) is 0 Å². The Morgan fingerprint density at radius 2 is 1.55 bits per heavy atom. The summed E-state index contributed by atoms with van der Waals surface area (Å²) in [7, 11) is 0. The lowest BCUT2D eigenvalue weighted by molar-refractivity contribution is -0.145. The second kappa shape index (κ2) is 11.7. The van der Waals surface area contributed by atoms with Crippen molar-refractivity contribution < 1.29 is 23.9 Å². The van der Waals surface area contributed by atoms with Gasteiger partial charge in [-0.25, -0.2) is 4.79 Å². The summed E-state index contributed by atoms with van der Waals surface area (Å²) in [6.07, 6.45) is -0.520. The van der Waals surface area contributed by atoms with Crippen LogP contribution >= 0.6 is 0 Å². The van der Waals surface area contributed by atoms with Gasteiger partial charge in [0.15, 0.2) is 0 Å². The van der Waals surface area contributed by atoms with Crippen molar-refractivity contribution in [3.05, 3.63) is 71.8 Å². The van der Waals surface area contributed by atoms with Crippen LogP contribution in [-0.4, -0.2) is 30.1 Å². The molecule has 2 rings (SSSR count). The van der Waals surface area contributed by atoms with Gasteiger partial charge in [0.1, 0.15) is 12.2 Å². The Morgan fingerprint density at radius 3 is 2.16 bits per heavy atom. The monoisotopic (exact) mass is 426 g/mol. The van der Waals surface area contributed by atoms with Crippen LogP contribution in [0.4, 0.5) is 4.79 Å². The first-order chi connectivity index (χ1) is 14.7. The lowest BCUT2D eigenvalue weighted by atomic mass is 10.0. The molecule has 0 bridgehead atoms. The zero-order valence-electron chi connectivity index (χ0n) is 18.2. The molecule has 7 heteroatoms. The number of ether oxygens (including phenoxy) is 2. The van der Waals surface area contributed by atoms with E-state index in [1.807, 2.05) is 60.7 Å². The summed E-state index contributed by atoms with van der Waals surface area (Å²) in [5, 5.41) is 5.40. The molecule has 2 aromatic carbocycles. The largest absolute Gasteiger partial charge is 0.461 e. The molecule has 1 atom stereocenters. The molecule has 0 radical (unpaired) electrons. The van der Waals surface area contributed by atoms with Crippen LogP contribution < -0.4 is 10.6 Å².